The van der Waals surface area contributed by atoms with Crippen LogP contribution in [0, 0.1) is 6.92 Å². The Balaban J connectivity index is 2.00. The van der Waals surface area contributed by atoms with Crippen LogP contribution in [-0.4, -0.2) is 0 Å². The second-order valence-electron chi connectivity index (χ2n) is 9.04. The fourth-order valence-electron chi connectivity index (χ4n) is 5.60. The van der Waals surface area contributed by atoms with Gasteiger partial charge in [0, 0.05) is 24.5 Å². The summed E-state index contributed by atoms with van der Waals surface area (Å²) in [7, 11) is 0. The fourth-order valence-corrected chi connectivity index (χ4v) is 5.60. The predicted octanol–water partition coefficient (Wildman–Crippen LogP) is 7.76. The number of rotatable bonds is 7. The van der Waals surface area contributed by atoms with Crippen molar-refractivity contribution in [3.8, 4) is 22.4 Å². The van der Waals surface area contributed by atoms with Crippen LogP contribution in [0.5, 0.6) is 0 Å². The lowest BCUT2D eigenvalue weighted by atomic mass is 9.70. The highest BCUT2D eigenvalue weighted by atomic mass is 15.1. The van der Waals surface area contributed by atoms with E-state index in [2.05, 4.69) is 106 Å². The van der Waals surface area contributed by atoms with Crippen LogP contribution >= 0.6 is 0 Å². The van der Waals surface area contributed by atoms with E-state index in [0.29, 0.717) is 5.92 Å². The Labute approximate surface area is 188 Å². The summed E-state index contributed by atoms with van der Waals surface area (Å²) >= 11 is 0. The van der Waals surface area contributed by atoms with Crippen molar-refractivity contribution in [2.75, 3.05) is 0 Å². The molecule has 160 valence electrons. The predicted molar refractivity (Wildman–Crippen MR) is 132 cm³/mol. The summed E-state index contributed by atoms with van der Waals surface area (Å²) in [6.45, 7) is 13.5. The third-order valence-corrected chi connectivity index (χ3v) is 7.45. The highest BCUT2D eigenvalue weighted by Crippen LogP contribution is 2.46. The van der Waals surface area contributed by atoms with Crippen molar-refractivity contribution in [1.82, 2.24) is 0 Å². The molecule has 1 aliphatic rings. The monoisotopic (exact) mass is 410 g/mol. The number of nitrogens with zero attached hydrogens (tertiary/aromatic N) is 1. The quantitative estimate of drug-likeness (QED) is 0.277. The van der Waals surface area contributed by atoms with Crippen LogP contribution in [-0.2, 0) is 12.0 Å². The lowest BCUT2D eigenvalue weighted by Crippen LogP contribution is -2.62. The maximum Gasteiger partial charge on any atom is 0.213 e. The number of pyridine rings is 1. The van der Waals surface area contributed by atoms with E-state index in [-0.39, 0.29) is 5.54 Å². The van der Waals surface area contributed by atoms with Gasteiger partial charge in [-0.15, -0.1) is 6.58 Å². The average molecular weight is 411 g/mol. The summed E-state index contributed by atoms with van der Waals surface area (Å²) in [5.74, 6) is 0.307. The van der Waals surface area contributed by atoms with Crippen LogP contribution in [0.15, 0.2) is 73.4 Å². The van der Waals surface area contributed by atoms with Crippen LogP contribution < -0.4 is 4.57 Å². The van der Waals surface area contributed by atoms with Gasteiger partial charge in [-0.2, -0.15) is 4.57 Å². The third-order valence-electron chi connectivity index (χ3n) is 7.45. The minimum atomic E-state index is 0.00620. The first kappa shape index (κ1) is 21.6. The third kappa shape index (κ3) is 3.55. The Morgan fingerprint density at radius 2 is 1.71 bits per heavy atom. The molecule has 3 aromatic rings. The van der Waals surface area contributed by atoms with Gasteiger partial charge in [0.1, 0.15) is 0 Å². The number of fused-ring (bicyclic) bond motifs is 3. The van der Waals surface area contributed by atoms with Gasteiger partial charge in [-0.3, -0.25) is 0 Å². The van der Waals surface area contributed by atoms with Gasteiger partial charge in [-0.05, 0) is 48.1 Å². The minimum Gasteiger partial charge on any atom is -0.191 e. The summed E-state index contributed by atoms with van der Waals surface area (Å²) in [5.41, 5.74) is 9.57. The lowest BCUT2D eigenvalue weighted by molar-refractivity contribution is -0.760. The topological polar surface area (TPSA) is 3.88 Å². The van der Waals surface area contributed by atoms with Crippen molar-refractivity contribution in [3.63, 3.8) is 0 Å². The molecule has 1 nitrogen and oxygen atoms in total. The molecule has 0 fully saturated rings. The molecule has 31 heavy (non-hydrogen) atoms. The van der Waals surface area contributed by atoms with Gasteiger partial charge in [0.2, 0.25) is 5.69 Å². The molecular weight excluding hydrogens is 374 g/mol. The average Bonchev–Trinajstić information content (AvgIpc) is 2.82. The van der Waals surface area contributed by atoms with E-state index in [9.17, 15) is 0 Å². The molecule has 1 atom stereocenters. The summed E-state index contributed by atoms with van der Waals surface area (Å²) in [6.07, 6.45) is 10.4. The summed E-state index contributed by atoms with van der Waals surface area (Å²) < 4.78 is 2.60. The molecule has 0 spiro atoms. The standard InChI is InChI=1S/C30H36N/c1-6-10-14-23-17-18-25-26(20-23)29-19-22(5)27(24-15-12-11-13-16-24)21-31(29)30(8-3,9-4)28(25)7-2/h7,11-13,15-21,28H,2,6,8-10,14H2,1,3-5H3/q+1. The molecule has 1 unspecified atom stereocenters. The molecule has 1 aromatic heterocycles. The Kier molecular flexibility index (Phi) is 6.14. The molecule has 1 heteroatoms. The normalized spacial score (nSPS) is 16.5. The zero-order valence-corrected chi connectivity index (χ0v) is 19.6. The molecule has 0 saturated heterocycles. The van der Waals surface area contributed by atoms with E-state index < -0.39 is 0 Å². The molecule has 0 N–H and O–H groups in total. The molecule has 0 radical (unpaired) electrons. The molecule has 1 aliphatic heterocycles. The Bertz CT molecular complexity index is 1070. The number of aryl methyl sites for hydroxylation is 2. The molecule has 4 rings (SSSR count). The highest BCUT2D eigenvalue weighted by molar-refractivity contribution is 5.71. The van der Waals surface area contributed by atoms with E-state index in [0.717, 1.165) is 19.3 Å². The van der Waals surface area contributed by atoms with Crippen molar-refractivity contribution >= 4 is 0 Å². The Hall–Kier alpha value is -2.67. The molecule has 2 aromatic carbocycles. The summed E-state index contributed by atoms with van der Waals surface area (Å²) in [6, 6.07) is 20.4. The molecular formula is C30H36N+. The minimum absolute atomic E-state index is 0.00620. The van der Waals surface area contributed by atoms with Crippen molar-refractivity contribution < 1.29 is 4.57 Å². The van der Waals surface area contributed by atoms with Crippen molar-refractivity contribution in [3.05, 3.63) is 90.1 Å². The van der Waals surface area contributed by atoms with E-state index in [1.807, 2.05) is 0 Å². The lowest BCUT2D eigenvalue weighted by Gasteiger charge is -2.39. The molecule has 0 saturated carbocycles. The molecule has 2 heterocycles. The SMILES string of the molecule is C=CC1c2ccc(CCCC)cc2-c2cc(C)c(-c3ccccc3)c[n+]2C1(CC)CC. The smallest absolute Gasteiger partial charge is 0.191 e. The van der Waals surface area contributed by atoms with Crippen LogP contribution in [0.3, 0.4) is 0 Å². The second kappa shape index (κ2) is 8.83. The summed E-state index contributed by atoms with van der Waals surface area (Å²) in [5, 5.41) is 0. The van der Waals surface area contributed by atoms with Gasteiger partial charge >= 0.3 is 0 Å². The maximum absolute atomic E-state index is 4.30. The zero-order chi connectivity index (χ0) is 22.0. The van der Waals surface area contributed by atoms with Crippen molar-refractivity contribution in [2.24, 2.45) is 0 Å². The van der Waals surface area contributed by atoms with E-state index >= 15 is 0 Å². The van der Waals surface area contributed by atoms with Gasteiger partial charge in [0.15, 0.2) is 11.7 Å². The fraction of sp³-hybridized carbons (Fsp3) is 0.367. The van der Waals surface area contributed by atoms with Crippen LogP contribution in [0.1, 0.15) is 69.1 Å². The number of aromatic nitrogens is 1. The van der Waals surface area contributed by atoms with Gasteiger partial charge < -0.3 is 0 Å². The molecule has 0 bridgehead atoms. The number of benzene rings is 2. The first-order chi connectivity index (χ1) is 15.1. The van der Waals surface area contributed by atoms with E-state index in [1.165, 1.54) is 51.9 Å². The van der Waals surface area contributed by atoms with E-state index in [4.69, 9.17) is 0 Å². The number of allylic oxidation sites excluding steroid dienone is 1. The van der Waals surface area contributed by atoms with Crippen LogP contribution in [0.25, 0.3) is 22.4 Å². The van der Waals surface area contributed by atoms with Gasteiger partial charge in [-0.1, -0.05) is 75.7 Å². The number of hydrogen-bond donors (Lipinski definition) is 0. The van der Waals surface area contributed by atoms with Crippen LogP contribution in [0.2, 0.25) is 0 Å². The van der Waals surface area contributed by atoms with Crippen molar-refractivity contribution in [1.29, 1.82) is 0 Å². The highest BCUT2D eigenvalue weighted by Gasteiger charge is 2.50. The maximum atomic E-state index is 4.30. The van der Waals surface area contributed by atoms with Gasteiger partial charge in [0.05, 0.1) is 11.5 Å². The van der Waals surface area contributed by atoms with Crippen molar-refractivity contribution in [2.45, 2.75) is 71.3 Å². The first-order valence-corrected chi connectivity index (χ1v) is 12.0. The first-order valence-electron chi connectivity index (χ1n) is 12.0. The Morgan fingerprint density at radius 3 is 2.35 bits per heavy atom. The van der Waals surface area contributed by atoms with Gasteiger partial charge in [-0.25, -0.2) is 0 Å². The number of unbranched alkanes of at least 4 members (excludes halogenated alkanes) is 1. The molecule has 0 aliphatic carbocycles. The zero-order valence-electron chi connectivity index (χ0n) is 19.6. The largest absolute Gasteiger partial charge is 0.213 e. The van der Waals surface area contributed by atoms with Crippen LogP contribution in [0.4, 0.5) is 0 Å². The Morgan fingerprint density at radius 1 is 0.968 bits per heavy atom. The van der Waals surface area contributed by atoms with E-state index in [1.54, 1.807) is 0 Å². The second-order valence-corrected chi connectivity index (χ2v) is 9.04. The summed E-state index contributed by atoms with van der Waals surface area (Å²) in [4.78, 5) is 0. The van der Waals surface area contributed by atoms with Gasteiger partial charge in [0.25, 0.3) is 0 Å². The number of hydrogen-bond acceptors (Lipinski definition) is 0. The molecule has 0 amide bonds.